The molecule has 0 unspecified atom stereocenters. The summed E-state index contributed by atoms with van der Waals surface area (Å²) in [5.41, 5.74) is 2.51. The van der Waals surface area contributed by atoms with Gasteiger partial charge in [-0.15, -0.1) is 0 Å². The number of rotatable bonds is 6. The van der Waals surface area contributed by atoms with Crippen molar-refractivity contribution in [2.24, 2.45) is 0 Å². The number of aromatic nitrogens is 1. The first-order chi connectivity index (χ1) is 8.81. The lowest BCUT2D eigenvalue weighted by Crippen LogP contribution is -2.28. The second kappa shape index (κ2) is 4.96. The predicted octanol–water partition coefficient (Wildman–Crippen LogP) is 0.963. The van der Waals surface area contributed by atoms with E-state index in [4.69, 9.17) is 4.42 Å². The summed E-state index contributed by atoms with van der Waals surface area (Å²) in [4.78, 5) is 13.7. The number of hydrogen-bond donors (Lipinski definition) is 3. The fraction of sp³-hybridized carbons (Fsp3) is 0.462. The van der Waals surface area contributed by atoms with E-state index in [1.807, 2.05) is 18.2 Å². The molecule has 0 aliphatic heterocycles. The van der Waals surface area contributed by atoms with Crippen LogP contribution in [0.1, 0.15) is 18.4 Å². The van der Waals surface area contributed by atoms with E-state index >= 15 is 0 Å². The van der Waals surface area contributed by atoms with Crippen LogP contribution in [0.4, 0.5) is 0 Å². The van der Waals surface area contributed by atoms with Crippen molar-refractivity contribution in [3.05, 3.63) is 34.3 Å². The van der Waals surface area contributed by atoms with Gasteiger partial charge in [-0.25, -0.2) is 4.79 Å². The third kappa shape index (κ3) is 2.80. The Hall–Kier alpha value is -1.59. The molecule has 1 aliphatic rings. The van der Waals surface area contributed by atoms with E-state index in [2.05, 4.69) is 15.6 Å². The smallest absolute Gasteiger partial charge is 0.408 e. The number of nitrogens with one attached hydrogen (secondary N) is 3. The van der Waals surface area contributed by atoms with Crippen LogP contribution in [0.3, 0.4) is 0 Å². The molecule has 0 radical (unpaired) electrons. The Labute approximate surface area is 105 Å². The number of oxazole rings is 1. The van der Waals surface area contributed by atoms with Crippen LogP contribution < -0.4 is 16.4 Å². The normalized spacial score (nSPS) is 15.3. The van der Waals surface area contributed by atoms with E-state index in [-0.39, 0.29) is 0 Å². The van der Waals surface area contributed by atoms with Crippen LogP contribution in [0.2, 0.25) is 0 Å². The van der Waals surface area contributed by atoms with Crippen molar-refractivity contribution >= 4 is 11.1 Å². The zero-order valence-electron chi connectivity index (χ0n) is 10.2. The summed E-state index contributed by atoms with van der Waals surface area (Å²) >= 11 is 0. The van der Waals surface area contributed by atoms with Crippen LogP contribution in [0.25, 0.3) is 11.1 Å². The van der Waals surface area contributed by atoms with Gasteiger partial charge in [-0.1, -0.05) is 6.07 Å². The highest BCUT2D eigenvalue weighted by atomic mass is 16.4. The molecule has 5 heteroatoms. The molecule has 2 aromatic rings. The first-order valence-corrected chi connectivity index (χ1v) is 6.37. The van der Waals surface area contributed by atoms with E-state index in [1.165, 1.54) is 12.8 Å². The minimum absolute atomic E-state index is 0.399. The molecule has 0 saturated heterocycles. The van der Waals surface area contributed by atoms with Crippen molar-refractivity contribution in [1.29, 1.82) is 0 Å². The van der Waals surface area contributed by atoms with Crippen LogP contribution >= 0.6 is 0 Å². The molecule has 1 aromatic carbocycles. The quantitative estimate of drug-likeness (QED) is 0.665. The maximum absolute atomic E-state index is 11.0. The van der Waals surface area contributed by atoms with E-state index in [0.29, 0.717) is 5.58 Å². The molecule has 1 heterocycles. The zero-order valence-corrected chi connectivity index (χ0v) is 10.2. The second-order valence-electron chi connectivity index (χ2n) is 4.75. The van der Waals surface area contributed by atoms with Gasteiger partial charge in [0.15, 0.2) is 5.58 Å². The van der Waals surface area contributed by atoms with Crippen LogP contribution in [0.5, 0.6) is 0 Å². The van der Waals surface area contributed by atoms with Crippen LogP contribution in [-0.2, 0) is 6.54 Å². The second-order valence-corrected chi connectivity index (χ2v) is 4.75. The molecule has 0 atom stereocenters. The molecule has 18 heavy (non-hydrogen) atoms. The highest BCUT2D eigenvalue weighted by Gasteiger charge is 2.19. The van der Waals surface area contributed by atoms with Crippen molar-refractivity contribution in [2.75, 3.05) is 13.1 Å². The van der Waals surface area contributed by atoms with Gasteiger partial charge in [-0.05, 0) is 30.5 Å². The molecular weight excluding hydrogens is 230 g/mol. The van der Waals surface area contributed by atoms with Gasteiger partial charge in [0.25, 0.3) is 0 Å². The van der Waals surface area contributed by atoms with Crippen molar-refractivity contribution in [3.8, 4) is 0 Å². The Morgan fingerprint density at radius 3 is 3.06 bits per heavy atom. The number of H-pyrrole nitrogens is 1. The Balaban J connectivity index is 1.51. The lowest BCUT2D eigenvalue weighted by atomic mass is 10.2. The minimum Gasteiger partial charge on any atom is -0.408 e. The van der Waals surface area contributed by atoms with E-state index in [1.54, 1.807) is 0 Å². The first-order valence-electron chi connectivity index (χ1n) is 6.37. The number of hydrogen-bond acceptors (Lipinski definition) is 4. The minimum atomic E-state index is -0.399. The lowest BCUT2D eigenvalue weighted by molar-refractivity contribution is 0.555. The fourth-order valence-electron chi connectivity index (χ4n) is 1.99. The molecule has 96 valence electrons. The topological polar surface area (TPSA) is 70.1 Å². The molecule has 1 aromatic heterocycles. The summed E-state index contributed by atoms with van der Waals surface area (Å²) in [6.45, 7) is 2.77. The summed E-state index contributed by atoms with van der Waals surface area (Å²) in [6, 6.07) is 6.51. The number of benzene rings is 1. The van der Waals surface area contributed by atoms with Crippen molar-refractivity contribution in [1.82, 2.24) is 15.6 Å². The summed E-state index contributed by atoms with van der Waals surface area (Å²) in [7, 11) is 0. The van der Waals surface area contributed by atoms with Crippen molar-refractivity contribution < 1.29 is 4.42 Å². The van der Waals surface area contributed by atoms with Gasteiger partial charge < -0.3 is 15.1 Å². The van der Waals surface area contributed by atoms with Gasteiger partial charge >= 0.3 is 5.76 Å². The average molecular weight is 247 g/mol. The molecule has 0 bridgehead atoms. The molecule has 1 fully saturated rings. The van der Waals surface area contributed by atoms with Gasteiger partial charge in [0.2, 0.25) is 0 Å². The Morgan fingerprint density at radius 1 is 1.33 bits per heavy atom. The maximum Gasteiger partial charge on any atom is 0.417 e. The van der Waals surface area contributed by atoms with Gasteiger partial charge in [-0.2, -0.15) is 0 Å². The first kappa shape index (κ1) is 11.5. The SMILES string of the molecule is O=c1[nH]c2cc(CNCCNC3CC3)ccc2o1. The molecular formula is C13H17N3O2. The number of aromatic amines is 1. The summed E-state index contributed by atoms with van der Waals surface area (Å²) in [5, 5.41) is 6.82. The largest absolute Gasteiger partial charge is 0.417 e. The standard InChI is InChI=1S/C13H17N3O2/c17-13-16-11-7-9(1-4-12(11)18-13)8-14-5-6-15-10-2-3-10/h1,4,7,10,14-15H,2-3,5-6,8H2,(H,16,17). The lowest BCUT2D eigenvalue weighted by Gasteiger charge is -2.05. The average Bonchev–Trinajstić information content (AvgIpc) is 3.09. The Morgan fingerprint density at radius 2 is 2.22 bits per heavy atom. The van der Waals surface area contributed by atoms with Gasteiger partial charge in [-0.3, -0.25) is 4.98 Å². The van der Waals surface area contributed by atoms with E-state index < -0.39 is 5.76 Å². The van der Waals surface area contributed by atoms with E-state index in [9.17, 15) is 4.79 Å². The van der Waals surface area contributed by atoms with Crippen LogP contribution in [0.15, 0.2) is 27.4 Å². The van der Waals surface area contributed by atoms with Gasteiger partial charge in [0.05, 0.1) is 5.52 Å². The molecule has 1 saturated carbocycles. The molecule has 5 nitrogen and oxygen atoms in total. The maximum atomic E-state index is 11.0. The summed E-state index contributed by atoms with van der Waals surface area (Å²) in [6.07, 6.45) is 2.65. The van der Waals surface area contributed by atoms with Crippen molar-refractivity contribution in [2.45, 2.75) is 25.4 Å². The zero-order chi connectivity index (χ0) is 12.4. The van der Waals surface area contributed by atoms with Crippen LogP contribution in [0, 0.1) is 0 Å². The monoisotopic (exact) mass is 247 g/mol. The Bertz CT molecular complexity index is 583. The van der Waals surface area contributed by atoms with E-state index in [0.717, 1.165) is 36.8 Å². The third-order valence-corrected chi connectivity index (χ3v) is 3.12. The molecule has 0 amide bonds. The molecule has 1 aliphatic carbocycles. The third-order valence-electron chi connectivity index (χ3n) is 3.12. The highest BCUT2D eigenvalue weighted by Crippen LogP contribution is 2.17. The van der Waals surface area contributed by atoms with Crippen LogP contribution in [-0.4, -0.2) is 24.1 Å². The number of fused-ring (bicyclic) bond motifs is 1. The molecule has 3 rings (SSSR count). The summed E-state index contributed by atoms with van der Waals surface area (Å²) in [5.74, 6) is -0.399. The molecule has 0 spiro atoms. The van der Waals surface area contributed by atoms with Crippen molar-refractivity contribution in [3.63, 3.8) is 0 Å². The highest BCUT2D eigenvalue weighted by molar-refractivity contribution is 5.72. The summed E-state index contributed by atoms with van der Waals surface area (Å²) < 4.78 is 4.96. The molecule has 3 N–H and O–H groups in total. The fourth-order valence-corrected chi connectivity index (χ4v) is 1.99. The Kier molecular flexibility index (Phi) is 3.17. The predicted molar refractivity (Wildman–Crippen MR) is 69.6 cm³/mol. The van der Waals surface area contributed by atoms with Gasteiger partial charge in [0, 0.05) is 25.7 Å². The van der Waals surface area contributed by atoms with Gasteiger partial charge in [0.1, 0.15) is 0 Å².